The number of benzene rings is 1. The van der Waals surface area contributed by atoms with Crippen molar-refractivity contribution in [3.05, 3.63) is 35.4 Å². The van der Waals surface area contributed by atoms with Crippen LogP contribution in [-0.2, 0) is 17.8 Å². The molecule has 0 radical (unpaired) electrons. The van der Waals surface area contributed by atoms with Gasteiger partial charge in [0.1, 0.15) is 0 Å². The molecule has 0 aromatic heterocycles. The lowest BCUT2D eigenvalue weighted by Gasteiger charge is -2.13. The van der Waals surface area contributed by atoms with Crippen molar-refractivity contribution in [2.24, 2.45) is 10.9 Å². The molecule has 1 aromatic carbocycles. The molecule has 25 heavy (non-hydrogen) atoms. The molecule has 5 heteroatoms. The fourth-order valence-corrected chi connectivity index (χ4v) is 2.40. The van der Waals surface area contributed by atoms with Crippen LogP contribution in [0.4, 0.5) is 0 Å². The van der Waals surface area contributed by atoms with Gasteiger partial charge in [0.15, 0.2) is 5.96 Å². The molecule has 0 spiro atoms. The van der Waals surface area contributed by atoms with E-state index in [0.29, 0.717) is 12.5 Å². The Labute approximate surface area is 153 Å². The lowest BCUT2D eigenvalue weighted by molar-refractivity contribution is 0.108. The number of rotatable bonds is 11. The molecular weight excluding hydrogens is 312 g/mol. The van der Waals surface area contributed by atoms with E-state index in [9.17, 15) is 0 Å². The Kier molecular flexibility index (Phi) is 10.9. The standard InChI is InChI=1S/C20H36N4O/c1-6-21-20(22-11-8-12-25-16-17(2)3)23-14-18-9-7-10-19(13-18)15-24(4)5/h7,9-10,13,17H,6,8,11-12,14-16H2,1-5H3,(H2,21,22,23). The Morgan fingerprint density at radius 1 is 1.20 bits per heavy atom. The monoisotopic (exact) mass is 348 g/mol. The lowest BCUT2D eigenvalue weighted by atomic mass is 10.1. The van der Waals surface area contributed by atoms with Crippen LogP contribution in [0.15, 0.2) is 29.3 Å². The molecule has 0 fully saturated rings. The molecular formula is C20H36N4O. The van der Waals surface area contributed by atoms with E-state index in [2.05, 4.69) is 74.7 Å². The van der Waals surface area contributed by atoms with Gasteiger partial charge >= 0.3 is 0 Å². The van der Waals surface area contributed by atoms with Crippen molar-refractivity contribution in [2.75, 3.05) is 40.4 Å². The van der Waals surface area contributed by atoms with E-state index in [1.807, 2.05) is 0 Å². The fraction of sp³-hybridized carbons (Fsp3) is 0.650. The first-order valence-corrected chi connectivity index (χ1v) is 9.33. The van der Waals surface area contributed by atoms with Gasteiger partial charge in [0.05, 0.1) is 6.54 Å². The van der Waals surface area contributed by atoms with E-state index in [1.54, 1.807) is 0 Å². The number of nitrogens with zero attached hydrogens (tertiary/aromatic N) is 2. The summed E-state index contributed by atoms with van der Waals surface area (Å²) in [6.07, 6.45) is 0.982. The van der Waals surface area contributed by atoms with Crippen LogP contribution in [0.3, 0.4) is 0 Å². The van der Waals surface area contributed by atoms with Crippen molar-refractivity contribution in [1.29, 1.82) is 0 Å². The van der Waals surface area contributed by atoms with Crippen LogP contribution in [0.25, 0.3) is 0 Å². The topological polar surface area (TPSA) is 48.9 Å². The zero-order chi connectivity index (χ0) is 18.5. The van der Waals surface area contributed by atoms with Crippen LogP contribution in [-0.4, -0.2) is 51.3 Å². The number of ether oxygens (including phenoxy) is 1. The minimum Gasteiger partial charge on any atom is -0.381 e. The third-order valence-corrected chi connectivity index (χ3v) is 3.46. The molecule has 5 nitrogen and oxygen atoms in total. The highest BCUT2D eigenvalue weighted by molar-refractivity contribution is 5.79. The van der Waals surface area contributed by atoms with E-state index in [0.717, 1.165) is 45.2 Å². The van der Waals surface area contributed by atoms with Crippen LogP contribution in [0.5, 0.6) is 0 Å². The number of hydrogen-bond donors (Lipinski definition) is 2. The molecule has 0 heterocycles. The van der Waals surface area contributed by atoms with Gasteiger partial charge < -0.3 is 20.3 Å². The van der Waals surface area contributed by atoms with Crippen molar-refractivity contribution in [2.45, 2.75) is 40.3 Å². The highest BCUT2D eigenvalue weighted by Crippen LogP contribution is 2.08. The van der Waals surface area contributed by atoms with Crippen LogP contribution in [0, 0.1) is 5.92 Å². The van der Waals surface area contributed by atoms with Crippen molar-refractivity contribution in [3.8, 4) is 0 Å². The normalized spacial score (nSPS) is 12.0. The van der Waals surface area contributed by atoms with Crippen molar-refractivity contribution in [1.82, 2.24) is 15.5 Å². The third-order valence-electron chi connectivity index (χ3n) is 3.46. The zero-order valence-electron chi connectivity index (χ0n) is 16.6. The van der Waals surface area contributed by atoms with Gasteiger partial charge in [-0.1, -0.05) is 38.1 Å². The second-order valence-electron chi connectivity index (χ2n) is 7.00. The van der Waals surface area contributed by atoms with Gasteiger partial charge in [0.25, 0.3) is 0 Å². The molecule has 0 aliphatic heterocycles. The first-order valence-electron chi connectivity index (χ1n) is 9.33. The summed E-state index contributed by atoms with van der Waals surface area (Å²) < 4.78 is 5.61. The van der Waals surface area contributed by atoms with Crippen LogP contribution < -0.4 is 10.6 Å². The van der Waals surface area contributed by atoms with E-state index in [4.69, 9.17) is 9.73 Å². The van der Waals surface area contributed by atoms with E-state index in [-0.39, 0.29) is 0 Å². The predicted octanol–water partition coefficient (Wildman–Crippen LogP) is 2.87. The molecule has 0 aliphatic carbocycles. The fourth-order valence-electron chi connectivity index (χ4n) is 2.40. The molecule has 0 amide bonds. The summed E-state index contributed by atoms with van der Waals surface area (Å²) in [6.45, 7) is 11.4. The minimum atomic E-state index is 0.593. The average molecular weight is 349 g/mol. The summed E-state index contributed by atoms with van der Waals surface area (Å²) >= 11 is 0. The molecule has 0 aliphatic rings. The molecule has 2 N–H and O–H groups in total. The van der Waals surface area contributed by atoms with Crippen molar-refractivity contribution < 1.29 is 4.74 Å². The molecule has 142 valence electrons. The highest BCUT2D eigenvalue weighted by Gasteiger charge is 2.00. The first-order chi connectivity index (χ1) is 12.0. The summed E-state index contributed by atoms with van der Waals surface area (Å²) in [5.74, 6) is 1.46. The number of hydrogen-bond acceptors (Lipinski definition) is 3. The molecule has 0 saturated heterocycles. The van der Waals surface area contributed by atoms with Crippen molar-refractivity contribution >= 4 is 5.96 Å². The van der Waals surface area contributed by atoms with Crippen LogP contribution >= 0.6 is 0 Å². The number of aliphatic imine (C=N–C) groups is 1. The quantitative estimate of drug-likeness (QED) is 0.367. The second-order valence-corrected chi connectivity index (χ2v) is 7.00. The van der Waals surface area contributed by atoms with Crippen molar-refractivity contribution in [3.63, 3.8) is 0 Å². The molecule has 1 aromatic rings. The summed E-state index contributed by atoms with van der Waals surface area (Å²) in [6, 6.07) is 8.63. The Morgan fingerprint density at radius 3 is 2.64 bits per heavy atom. The molecule has 0 bridgehead atoms. The predicted molar refractivity (Wildman–Crippen MR) is 107 cm³/mol. The Hall–Kier alpha value is -1.59. The van der Waals surface area contributed by atoms with Gasteiger partial charge in [-0.2, -0.15) is 0 Å². The first kappa shape index (κ1) is 21.5. The molecule has 1 rings (SSSR count). The third kappa shape index (κ3) is 10.8. The zero-order valence-corrected chi connectivity index (χ0v) is 16.6. The maximum absolute atomic E-state index is 5.61. The largest absolute Gasteiger partial charge is 0.381 e. The summed E-state index contributed by atoms with van der Waals surface area (Å²) in [5, 5.41) is 6.68. The van der Waals surface area contributed by atoms with E-state index in [1.165, 1.54) is 11.1 Å². The average Bonchev–Trinajstić information content (AvgIpc) is 2.55. The van der Waals surface area contributed by atoms with Gasteiger partial charge in [0, 0.05) is 32.8 Å². The number of nitrogens with one attached hydrogen (secondary N) is 2. The molecule has 0 unspecified atom stereocenters. The highest BCUT2D eigenvalue weighted by atomic mass is 16.5. The van der Waals surface area contributed by atoms with E-state index < -0.39 is 0 Å². The van der Waals surface area contributed by atoms with Gasteiger partial charge in [0.2, 0.25) is 0 Å². The smallest absolute Gasteiger partial charge is 0.191 e. The van der Waals surface area contributed by atoms with Gasteiger partial charge in [-0.25, -0.2) is 4.99 Å². The Balaban J connectivity index is 2.44. The summed E-state index contributed by atoms with van der Waals surface area (Å²) in [7, 11) is 4.17. The molecule has 0 saturated carbocycles. The SMILES string of the molecule is CCNC(=NCc1cccc(CN(C)C)c1)NCCCOCC(C)C. The minimum absolute atomic E-state index is 0.593. The Morgan fingerprint density at radius 2 is 1.96 bits per heavy atom. The summed E-state index contributed by atoms with van der Waals surface area (Å²) in [4.78, 5) is 6.87. The van der Waals surface area contributed by atoms with Crippen LogP contribution in [0.1, 0.15) is 38.3 Å². The van der Waals surface area contributed by atoms with E-state index >= 15 is 0 Å². The number of guanidine groups is 1. The maximum atomic E-state index is 5.61. The summed E-state index contributed by atoms with van der Waals surface area (Å²) in [5.41, 5.74) is 2.55. The Bertz CT molecular complexity index is 500. The second kappa shape index (κ2) is 12.7. The lowest BCUT2D eigenvalue weighted by Crippen LogP contribution is -2.38. The maximum Gasteiger partial charge on any atom is 0.191 e. The molecule has 0 atom stereocenters. The van der Waals surface area contributed by atoms with Gasteiger partial charge in [-0.05, 0) is 44.5 Å². The van der Waals surface area contributed by atoms with Gasteiger partial charge in [-0.15, -0.1) is 0 Å². The van der Waals surface area contributed by atoms with Crippen LogP contribution in [0.2, 0.25) is 0 Å². The van der Waals surface area contributed by atoms with Gasteiger partial charge in [-0.3, -0.25) is 0 Å².